The Labute approximate surface area is 165 Å². The molecular weight excluding hydrogens is 362 g/mol. The average molecular weight is 390 g/mol. The first-order valence-electron chi connectivity index (χ1n) is 10.1. The SMILES string of the molecule is CC(C)N1CCCN(C(=O)C2CCN(c3cc(F)c(C#N)cc3F)CC2)CC1. The van der Waals surface area contributed by atoms with Crippen molar-refractivity contribution >= 4 is 11.6 Å². The van der Waals surface area contributed by atoms with Gasteiger partial charge in [0.15, 0.2) is 0 Å². The highest BCUT2D eigenvalue weighted by Gasteiger charge is 2.31. The second kappa shape index (κ2) is 8.87. The van der Waals surface area contributed by atoms with Gasteiger partial charge in [-0.15, -0.1) is 0 Å². The quantitative estimate of drug-likeness (QED) is 0.796. The van der Waals surface area contributed by atoms with E-state index in [1.165, 1.54) is 0 Å². The number of halogens is 2. The largest absolute Gasteiger partial charge is 0.369 e. The van der Waals surface area contributed by atoms with E-state index in [4.69, 9.17) is 5.26 Å². The molecule has 0 spiro atoms. The summed E-state index contributed by atoms with van der Waals surface area (Å²) in [6.45, 7) is 8.83. The average Bonchev–Trinajstić information content (AvgIpc) is 2.95. The molecule has 0 bridgehead atoms. The molecule has 0 unspecified atom stereocenters. The van der Waals surface area contributed by atoms with E-state index < -0.39 is 11.6 Å². The summed E-state index contributed by atoms with van der Waals surface area (Å²) in [5.74, 6) is -1.18. The number of hydrogen-bond acceptors (Lipinski definition) is 4. The van der Waals surface area contributed by atoms with E-state index in [0.717, 1.165) is 44.7 Å². The fourth-order valence-corrected chi connectivity index (χ4v) is 4.16. The summed E-state index contributed by atoms with van der Waals surface area (Å²) in [6.07, 6.45) is 2.24. The van der Waals surface area contributed by atoms with Crippen molar-refractivity contribution in [3.05, 3.63) is 29.3 Å². The highest BCUT2D eigenvalue weighted by Crippen LogP contribution is 2.28. The monoisotopic (exact) mass is 390 g/mol. The molecule has 28 heavy (non-hydrogen) atoms. The lowest BCUT2D eigenvalue weighted by Crippen LogP contribution is -2.44. The van der Waals surface area contributed by atoms with Crippen LogP contribution < -0.4 is 4.90 Å². The molecule has 0 saturated carbocycles. The minimum Gasteiger partial charge on any atom is -0.369 e. The molecule has 7 heteroatoms. The van der Waals surface area contributed by atoms with Crippen LogP contribution in [0.15, 0.2) is 12.1 Å². The number of carbonyl (C=O) groups is 1. The second-order valence-electron chi connectivity index (χ2n) is 7.97. The third-order valence-electron chi connectivity index (χ3n) is 5.91. The molecule has 0 atom stereocenters. The van der Waals surface area contributed by atoms with E-state index in [-0.39, 0.29) is 23.1 Å². The predicted molar refractivity (Wildman–Crippen MR) is 104 cm³/mol. The minimum absolute atomic E-state index is 0.0619. The van der Waals surface area contributed by atoms with Crippen LogP contribution in [0.5, 0.6) is 0 Å². The van der Waals surface area contributed by atoms with Gasteiger partial charge in [0.05, 0.1) is 11.3 Å². The number of rotatable bonds is 3. The van der Waals surface area contributed by atoms with E-state index in [2.05, 4.69) is 18.7 Å². The van der Waals surface area contributed by atoms with Crippen molar-refractivity contribution in [2.45, 2.75) is 39.2 Å². The van der Waals surface area contributed by atoms with Gasteiger partial charge in [0.25, 0.3) is 0 Å². The Morgan fingerprint density at radius 2 is 1.79 bits per heavy atom. The smallest absolute Gasteiger partial charge is 0.225 e. The first-order chi connectivity index (χ1) is 13.4. The first-order valence-corrected chi connectivity index (χ1v) is 10.1. The van der Waals surface area contributed by atoms with Gasteiger partial charge in [0.2, 0.25) is 5.91 Å². The van der Waals surface area contributed by atoms with Crippen molar-refractivity contribution in [3.8, 4) is 6.07 Å². The molecule has 1 aromatic rings. The third kappa shape index (κ3) is 4.44. The highest BCUT2D eigenvalue weighted by atomic mass is 19.1. The van der Waals surface area contributed by atoms with E-state index in [9.17, 15) is 13.6 Å². The zero-order valence-electron chi connectivity index (χ0n) is 16.6. The maximum atomic E-state index is 14.3. The molecule has 0 N–H and O–H groups in total. The van der Waals surface area contributed by atoms with Crippen LogP contribution in [-0.2, 0) is 4.79 Å². The van der Waals surface area contributed by atoms with Gasteiger partial charge in [-0.1, -0.05) is 0 Å². The van der Waals surface area contributed by atoms with Crippen LogP contribution in [0.3, 0.4) is 0 Å². The summed E-state index contributed by atoms with van der Waals surface area (Å²) in [5.41, 5.74) is -0.118. The second-order valence-corrected chi connectivity index (χ2v) is 7.97. The van der Waals surface area contributed by atoms with Gasteiger partial charge in [0, 0.05) is 57.3 Å². The number of nitriles is 1. The molecule has 2 heterocycles. The van der Waals surface area contributed by atoms with Crippen LogP contribution in [0.2, 0.25) is 0 Å². The normalized spacial score (nSPS) is 19.6. The molecule has 2 aliphatic rings. The van der Waals surface area contributed by atoms with E-state index in [1.807, 2.05) is 4.90 Å². The van der Waals surface area contributed by atoms with Crippen LogP contribution in [-0.4, -0.2) is 61.0 Å². The van der Waals surface area contributed by atoms with E-state index >= 15 is 0 Å². The third-order valence-corrected chi connectivity index (χ3v) is 5.91. The Kier molecular flexibility index (Phi) is 6.50. The minimum atomic E-state index is -0.712. The van der Waals surface area contributed by atoms with Crippen molar-refractivity contribution in [2.75, 3.05) is 44.2 Å². The summed E-state index contributed by atoms with van der Waals surface area (Å²) in [4.78, 5) is 19.1. The van der Waals surface area contributed by atoms with E-state index in [0.29, 0.717) is 32.0 Å². The van der Waals surface area contributed by atoms with Gasteiger partial charge < -0.3 is 9.80 Å². The number of benzene rings is 1. The summed E-state index contributed by atoms with van der Waals surface area (Å²) >= 11 is 0. The summed E-state index contributed by atoms with van der Waals surface area (Å²) < 4.78 is 28.1. The van der Waals surface area contributed by atoms with Gasteiger partial charge in [-0.3, -0.25) is 9.69 Å². The highest BCUT2D eigenvalue weighted by molar-refractivity contribution is 5.79. The number of carbonyl (C=O) groups excluding carboxylic acids is 1. The van der Waals surface area contributed by atoms with Crippen molar-refractivity contribution in [3.63, 3.8) is 0 Å². The number of piperidine rings is 1. The molecule has 2 fully saturated rings. The van der Waals surface area contributed by atoms with Gasteiger partial charge in [-0.2, -0.15) is 5.26 Å². The number of nitrogens with zero attached hydrogens (tertiary/aromatic N) is 4. The molecule has 3 rings (SSSR count). The number of anilines is 1. The maximum Gasteiger partial charge on any atom is 0.225 e. The summed E-state index contributed by atoms with van der Waals surface area (Å²) in [5, 5.41) is 8.82. The number of amides is 1. The summed E-state index contributed by atoms with van der Waals surface area (Å²) in [6, 6.07) is 4.17. The lowest BCUT2D eigenvalue weighted by molar-refractivity contribution is -0.136. The molecule has 1 aromatic carbocycles. The van der Waals surface area contributed by atoms with Gasteiger partial charge in [0.1, 0.15) is 17.7 Å². The molecule has 2 aliphatic heterocycles. The standard InChI is InChI=1S/C21H28F2N4O/c1-15(2)25-6-3-7-27(11-10-25)21(28)16-4-8-26(9-5-16)20-13-18(22)17(14-24)12-19(20)23/h12-13,15-16H,3-11H2,1-2H3. The van der Waals surface area contributed by atoms with E-state index in [1.54, 1.807) is 11.0 Å². The van der Waals surface area contributed by atoms with Crippen LogP contribution in [0.25, 0.3) is 0 Å². The van der Waals surface area contributed by atoms with Gasteiger partial charge in [-0.05, 0) is 39.2 Å². The van der Waals surface area contributed by atoms with Crippen LogP contribution in [0, 0.1) is 28.9 Å². The fourth-order valence-electron chi connectivity index (χ4n) is 4.16. The van der Waals surface area contributed by atoms with Crippen LogP contribution in [0.4, 0.5) is 14.5 Å². The molecule has 0 radical (unpaired) electrons. The zero-order chi connectivity index (χ0) is 20.3. The Bertz CT molecular complexity index is 754. The van der Waals surface area contributed by atoms with Crippen molar-refractivity contribution < 1.29 is 13.6 Å². The van der Waals surface area contributed by atoms with Gasteiger partial charge >= 0.3 is 0 Å². The Morgan fingerprint density at radius 3 is 2.43 bits per heavy atom. The Hall–Kier alpha value is -2.20. The molecule has 0 aliphatic carbocycles. The van der Waals surface area contributed by atoms with Gasteiger partial charge in [-0.25, -0.2) is 8.78 Å². The molecular formula is C21H28F2N4O. The lowest BCUT2D eigenvalue weighted by atomic mass is 9.94. The number of hydrogen-bond donors (Lipinski definition) is 0. The molecule has 2 saturated heterocycles. The zero-order valence-corrected chi connectivity index (χ0v) is 16.6. The van der Waals surface area contributed by atoms with Crippen LogP contribution in [0.1, 0.15) is 38.7 Å². The topological polar surface area (TPSA) is 50.6 Å². The Morgan fingerprint density at radius 1 is 1.07 bits per heavy atom. The van der Waals surface area contributed by atoms with Crippen molar-refractivity contribution in [2.24, 2.45) is 5.92 Å². The maximum absolute atomic E-state index is 14.3. The molecule has 152 valence electrons. The van der Waals surface area contributed by atoms with Crippen LogP contribution >= 0.6 is 0 Å². The lowest BCUT2D eigenvalue weighted by Gasteiger charge is -2.35. The van der Waals surface area contributed by atoms with Crippen molar-refractivity contribution in [1.29, 1.82) is 5.26 Å². The van der Waals surface area contributed by atoms with Crippen molar-refractivity contribution in [1.82, 2.24) is 9.80 Å². The Balaban J connectivity index is 1.59. The fraction of sp³-hybridized carbons (Fsp3) is 0.619. The molecule has 1 amide bonds. The summed E-state index contributed by atoms with van der Waals surface area (Å²) in [7, 11) is 0. The predicted octanol–water partition coefficient (Wildman–Crippen LogP) is 3.00. The molecule has 0 aromatic heterocycles. The first kappa shape index (κ1) is 20.5. The molecule has 5 nitrogen and oxygen atoms in total.